The van der Waals surface area contributed by atoms with Gasteiger partial charge < -0.3 is 15.4 Å². The Morgan fingerprint density at radius 1 is 1.15 bits per heavy atom. The van der Waals surface area contributed by atoms with Gasteiger partial charge in [-0.15, -0.1) is 0 Å². The molecule has 0 aromatic heterocycles. The molecule has 2 aromatic rings. The fourth-order valence-electron chi connectivity index (χ4n) is 2.33. The number of rotatable bonds is 7. The Bertz CT molecular complexity index is 751. The molecule has 1 unspecified atom stereocenters. The van der Waals surface area contributed by atoms with Gasteiger partial charge in [-0.25, -0.2) is 4.79 Å². The molecule has 4 nitrogen and oxygen atoms in total. The molecular formula is C19H20BrF3N2O2. The van der Waals surface area contributed by atoms with E-state index in [1.54, 1.807) is 24.3 Å². The highest BCUT2D eigenvalue weighted by atomic mass is 79.9. The first kappa shape index (κ1) is 21.2. The molecular weight excluding hydrogens is 425 g/mol. The van der Waals surface area contributed by atoms with E-state index in [2.05, 4.69) is 31.3 Å². The van der Waals surface area contributed by atoms with Crippen molar-refractivity contribution in [1.29, 1.82) is 0 Å². The van der Waals surface area contributed by atoms with Gasteiger partial charge in [-0.3, -0.25) is 0 Å². The van der Waals surface area contributed by atoms with E-state index in [9.17, 15) is 18.0 Å². The zero-order valence-electron chi connectivity index (χ0n) is 14.6. The van der Waals surface area contributed by atoms with Crippen molar-refractivity contribution in [2.75, 3.05) is 6.61 Å². The predicted octanol–water partition coefficient (Wildman–Crippen LogP) is 5.09. The minimum absolute atomic E-state index is 0.113. The summed E-state index contributed by atoms with van der Waals surface area (Å²) >= 11 is 3.40. The van der Waals surface area contributed by atoms with E-state index in [0.29, 0.717) is 12.1 Å². The normalized spacial score (nSPS) is 12.5. The second kappa shape index (κ2) is 9.75. The number of carbonyl (C=O) groups excluding carboxylic acids is 1. The fourth-order valence-corrected chi connectivity index (χ4v) is 2.74. The van der Waals surface area contributed by atoms with Crippen molar-refractivity contribution in [3.8, 4) is 0 Å². The van der Waals surface area contributed by atoms with E-state index >= 15 is 0 Å². The van der Waals surface area contributed by atoms with Gasteiger partial charge >= 0.3 is 12.2 Å². The van der Waals surface area contributed by atoms with E-state index < -0.39 is 12.8 Å². The molecule has 0 saturated carbocycles. The van der Waals surface area contributed by atoms with E-state index in [1.165, 1.54) is 0 Å². The summed E-state index contributed by atoms with van der Waals surface area (Å²) in [6.45, 7) is 0.808. The minimum Gasteiger partial charge on any atom is -0.367 e. The molecule has 0 bridgehead atoms. The number of nitrogens with one attached hydrogen (secondary N) is 2. The Morgan fingerprint density at radius 2 is 1.81 bits per heavy atom. The van der Waals surface area contributed by atoms with Crippen molar-refractivity contribution in [2.24, 2.45) is 0 Å². The Labute approximate surface area is 164 Å². The van der Waals surface area contributed by atoms with E-state index in [-0.39, 0.29) is 18.7 Å². The van der Waals surface area contributed by atoms with Crippen molar-refractivity contribution in [2.45, 2.75) is 32.3 Å². The van der Waals surface area contributed by atoms with Crippen LogP contribution in [0.4, 0.5) is 18.0 Å². The molecule has 0 aliphatic heterocycles. The highest BCUT2D eigenvalue weighted by Crippen LogP contribution is 2.18. The first-order valence-corrected chi connectivity index (χ1v) is 9.04. The largest absolute Gasteiger partial charge is 0.411 e. The van der Waals surface area contributed by atoms with Crippen LogP contribution >= 0.6 is 15.9 Å². The van der Waals surface area contributed by atoms with Crippen molar-refractivity contribution in [3.05, 3.63) is 69.7 Å². The van der Waals surface area contributed by atoms with Gasteiger partial charge in [0.15, 0.2) is 0 Å². The number of urea groups is 1. The first-order valence-electron chi connectivity index (χ1n) is 8.25. The molecule has 2 N–H and O–H groups in total. The summed E-state index contributed by atoms with van der Waals surface area (Å²) in [4.78, 5) is 12.0. The van der Waals surface area contributed by atoms with Crippen LogP contribution in [-0.2, 0) is 17.9 Å². The number of alkyl halides is 3. The summed E-state index contributed by atoms with van der Waals surface area (Å²) in [6.07, 6.45) is -4.33. The first-order chi connectivity index (χ1) is 12.7. The monoisotopic (exact) mass is 444 g/mol. The summed E-state index contributed by atoms with van der Waals surface area (Å²) in [5.41, 5.74) is 2.44. The van der Waals surface area contributed by atoms with Crippen LogP contribution in [0.25, 0.3) is 0 Å². The molecule has 0 aliphatic carbocycles. The molecule has 8 heteroatoms. The molecule has 0 aliphatic rings. The predicted molar refractivity (Wildman–Crippen MR) is 100 cm³/mol. The van der Waals surface area contributed by atoms with Gasteiger partial charge in [0.1, 0.15) is 6.61 Å². The average molecular weight is 445 g/mol. The van der Waals surface area contributed by atoms with Gasteiger partial charge in [0.05, 0.1) is 12.6 Å². The Morgan fingerprint density at radius 3 is 2.44 bits per heavy atom. The standard InChI is InChI=1S/C19H20BrF3N2O2/c1-13(16-3-2-4-17(20)9-16)25-18(26)24-10-14-5-7-15(8-6-14)11-27-12-19(21,22)23/h2-9,13H,10-12H2,1H3,(H2,24,25,26). The highest BCUT2D eigenvalue weighted by Gasteiger charge is 2.27. The molecule has 27 heavy (non-hydrogen) atoms. The van der Waals surface area contributed by atoms with Gasteiger partial charge in [-0.1, -0.05) is 52.3 Å². The van der Waals surface area contributed by atoms with Crippen molar-refractivity contribution < 1.29 is 22.7 Å². The fraction of sp³-hybridized carbons (Fsp3) is 0.316. The summed E-state index contributed by atoms with van der Waals surface area (Å²) in [5, 5.41) is 5.60. The molecule has 146 valence electrons. The third-order valence-corrected chi connectivity index (χ3v) is 4.20. The van der Waals surface area contributed by atoms with Crippen molar-refractivity contribution in [1.82, 2.24) is 10.6 Å². The summed E-state index contributed by atoms with van der Waals surface area (Å²) in [5.74, 6) is 0. The molecule has 2 amide bonds. The second-order valence-corrected chi connectivity index (χ2v) is 6.94. The van der Waals surface area contributed by atoms with Crippen LogP contribution in [0.2, 0.25) is 0 Å². The van der Waals surface area contributed by atoms with Crippen LogP contribution in [0.1, 0.15) is 29.7 Å². The second-order valence-electron chi connectivity index (χ2n) is 6.03. The number of carbonyl (C=O) groups is 1. The van der Waals surface area contributed by atoms with Gasteiger partial charge in [0.2, 0.25) is 0 Å². The molecule has 2 aromatic carbocycles. The van der Waals surface area contributed by atoms with Crippen molar-refractivity contribution >= 4 is 22.0 Å². The maximum atomic E-state index is 12.0. The lowest BCUT2D eigenvalue weighted by Crippen LogP contribution is -2.36. The lowest BCUT2D eigenvalue weighted by Gasteiger charge is -2.15. The van der Waals surface area contributed by atoms with Crippen LogP contribution in [0, 0.1) is 0 Å². The molecule has 0 fully saturated rings. The van der Waals surface area contributed by atoms with Gasteiger partial charge in [-0.2, -0.15) is 13.2 Å². The number of benzene rings is 2. The number of hydrogen-bond donors (Lipinski definition) is 2. The SMILES string of the molecule is CC(NC(=O)NCc1ccc(COCC(F)(F)F)cc1)c1cccc(Br)c1. The Balaban J connectivity index is 1.76. The Kier molecular flexibility index (Phi) is 7.67. The van der Waals surface area contributed by atoms with E-state index in [0.717, 1.165) is 15.6 Å². The van der Waals surface area contributed by atoms with Crippen LogP contribution < -0.4 is 10.6 Å². The number of amides is 2. The van der Waals surface area contributed by atoms with Crippen molar-refractivity contribution in [3.63, 3.8) is 0 Å². The zero-order chi connectivity index (χ0) is 19.9. The third kappa shape index (κ3) is 8.01. The Hall–Kier alpha value is -2.06. The maximum absolute atomic E-state index is 12.0. The summed E-state index contributed by atoms with van der Waals surface area (Å²) in [6, 6.07) is 14.0. The average Bonchev–Trinajstić information content (AvgIpc) is 2.60. The number of hydrogen-bond acceptors (Lipinski definition) is 2. The molecule has 0 saturated heterocycles. The van der Waals surface area contributed by atoms with E-state index in [1.807, 2.05) is 31.2 Å². The third-order valence-electron chi connectivity index (χ3n) is 3.71. The molecule has 0 spiro atoms. The zero-order valence-corrected chi connectivity index (χ0v) is 16.2. The van der Waals surface area contributed by atoms with Gasteiger partial charge in [0, 0.05) is 11.0 Å². The van der Waals surface area contributed by atoms with Crippen LogP contribution in [-0.4, -0.2) is 18.8 Å². The highest BCUT2D eigenvalue weighted by molar-refractivity contribution is 9.10. The summed E-state index contributed by atoms with van der Waals surface area (Å²) < 4.78 is 41.7. The van der Waals surface area contributed by atoms with Crippen LogP contribution in [0.3, 0.4) is 0 Å². The molecule has 2 rings (SSSR count). The summed E-state index contributed by atoms with van der Waals surface area (Å²) in [7, 11) is 0. The number of halogens is 4. The van der Waals surface area contributed by atoms with Gasteiger partial charge in [-0.05, 0) is 35.7 Å². The molecule has 0 heterocycles. The number of ether oxygens (including phenoxy) is 1. The van der Waals surface area contributed by atoms with E-state index in [4.69, 9.17) is 0 Å². The van der Waals surface area contributed by atoms with Crippen LogP contribution in [0.15, 0.2) is 53.0 Å². The lowest BCUT2D eigenvalue weighted by molar-refractivity contribution is -0.176. The molecule has 1 atom stereocenters. The quantitative estimate of drug-likeness (QED) is 0.624. The minimum atomic E-state index is -4.33. The topological polar surface area (TPSA) is 50.4 Å². The van der Waals surface area contributed by atoms with Crippen LogP contribution in [0.5, 0.6) is 0 Å². The molecule has 0 radical (unpaired) electrons. The smallest absolute Gasteiger partial charge is 0.367 e. The van der Waals surface area contributed by atoms with Gasteiger partial charge in [0.25, 0.3) is 0 Å². The maximum Gasteiger partial charge on any atom is 0.411 e. The lowest BCUT2D eigenvalue weighted by atomic mass is 10.1.